The zero-order valence-corrected chi connectivity index (χ0v) is 18.1. The van der Waals surface area contributed by atoms with Gasteiger partial charge in [0, 0.05) is 5.02 Å². The lowest BCUT2D eigenvalue weighted by atomic mass is 9.98. The Labute approximate surface area is 173 Å². The van der Waals surface area contributed by atoms with Crippen LogP contribution in [0.3, 0.4) is 0 Å². The third-order valence-corrected chi connectivity index (χ3v) is 6.30. The molecule has 0 spiro atoms. The summed E-state index contributed by atoms with van der Waals surface area (Å²) >= 11 is 6.60. The van der Waals surface area contributed by atoms with Crippen LogP contribution in [0, 0.1) is 20.8 Å². The molecule has 0 fully saturated rings. The predicted molar refractivity (Wildman–Crippen MR) is 116 cm³/mol. The fourth-order valence-electron chi connectivity index (χ4n) is 3.77. The largest absolute Gasteiger partial charge is 0.481 e. The first-order valence-electron chi connectivity index (χ1n) is 9.92. The second-order valence-corrected chi connectivity index (χ2v) is 7.73. The minimum absolute atomic E-state index is 0.0802. The molecule has 150 valence electrons. The van der Waals surface area contributed by atoms with E-state index in [0.717, 1.165) is 46.8 Å². The van der Waals surface area contributed by atoms with E-state index in [1.807, 2.05) is 56.0 Å². The van der Waals surface area contributed by atoms with E-state index in [2.05, 4.69) is 18.7 Å². The van der Waals surface area contributed by atoms with Crippen LogP contribution in [-0.4, -0.2) is 37.0 Å². The van der Waals surface area contributed by atoms with E-state index < -0.39 is 0 Å². The molecular weight excluding hydrogens is 372 g/mol. The average molecular weight is 401 g/mol. The zero-order chi connectivity index (χ0) is 20.4. The van der Waals surface area contributed by atoms with E-state index >= 15 is 0 Å². The Bertz CT molecular complexity index is 863. The number of halogens is 1. The monoisotopic (exact) mass is 400 g/mol. The number of amides is 1. The number of benzene rings is 2. The summed E-state index contributed by atoms with van der Waals surface area (Å²) in [6.45, 7) is 12.7. The van der Waals surface area contributed by atoms with Gasteiger partial charge in [-0.2, -0.15) is 0 Å². The Morgan fingerprint density at radius 2 is 1.75 bits per heavy atom. The van der Waals surface area contributed by atoms with E-state index in [1.165, 1.54) is 0 Å². The summed E-state index contributed by atoms with van der Waals surface area (Å²) in [5, 5.41) is 0.707. The van der Waals surface area contributed by atoms with Gasteiger partial charge in [-0.3, -0.25) is 9.69 Å². The second-order valence-electron chi connectivity index (χ2n) is 7.35. The topological polar surface area (TPSA) is 32.8 Å². The summed E-state index contributed by atoms with van der Waals surface area (Å²) in [5.41, 5.74) is 4.78. The maximum atomic E-state index is 13.3. The van der Waals surface area contributed by atoms with Crippen molar-refractivity contribution in [2.24, 2.45) is 0 Å². The summed E-state index contributed by atoms with van der Waals surface area (Å²) in [5.74, 6) is 0.851. The molecule has 0 N–H and O–H groups in total. The second kappa shape index (κ2) is 8.54. The summed E-state index contributed by atoms with van der Waals surface area (Å²) in [4.78, 5) is 17.3. The first-order chi connectivity index (χ1) is 13.4. The fraction of sp³-hybridized carbons (Fsp3) is 0.435. The average Bonchev–Trinajstić information content (AvgIpc) is 2.73. The van der Waals surface area contributed by atoms with Gasteiger partial charge in [-0.15, -0.1) is 0 Å². The van der Waals surface area contributed by atoms with Crippen LogP contribution in [0.25, 0.3) is 0 Å². The van der Waals surface area contributed by atoms with Crippen LogP contribution >= 0.6 is 11.6 Å². The summed E-state index contributed by atoms with van der Waals surface area (Å²) in [6, 6.07) is 10.1. The SMILES string of the molecule is CCN(CC)CC(=O)N1C[C@H](c2ccccc2)Oc2c(C)c(C)c(Cl)c(C)c21. The lowest BCUT2D eigenvalue weighted by Gasteiger charge is -2.38. The van der Waals surface area contributed by atoms with Crippen LogP contribution in [0.4, 0.5) is 5.69 Å². The first kappa shape index (κ1) is 20.7. The molecule has 0 aliphatic carbocycles. The quantitative estimate of drug-likeness (QED) is 0.702. The molecule has 1 atom stereocenters. The van der Waals surface area contributed by atoms with Gasteiger partial charge >= 0.3 is 0 Å². The van der Waals surface area contributed by atoms with Crippen LogP contribution in [0.5, 0.6) is 5.75 Å². The molecule has 0 unspecified atom stereocenters. The molecule has 5 heteroatoms. The molecule has 4 nitrogen and oxygen atoms in total. The molecule has 2 aromatic carbocycles. The van der Waals surface area contributed by atoms with Crippen molar-refractivity contribution < 1.29 is 9.53 Å². The maximum Gasteiger partial charge on any atom is 0.241 e. The number of carbonyl (C=O) groups excluding carboxylic acids is 1. The van der Waals surface area contributed by atoms with Crippen molar-refractivity contribution in [1.29, 1.82) is 0 Å². The van der Waals surface area contributed by atoms with Crippen molar-refractivity contribution in [1.82, 2.24) is 4.90 Å². The molecular formula is C23H29ClN2O2. The van der Waals surface area contributed by atoms with Gasteiger partial charge in [0.2, 0.25) is 5.91 Å². The maximum absolute atomic E-state index is 13.3. The van der Waals surface area contributed by atoms with E-state index in [0.29, 0.717) is 18.1 Å². The van der Waals surface area contributed by atoms with Crippen molar-refractivity contribution in [2.45, 2.75) is 40.7 Å². The highest BCUT2D eigenvalue weighted by atomic mass is 35.5. The number of hydrogen-bond acceptors (Lipinski definition) is 3. The van der Waals surface area contributed by atoms with Gasteiger partial charge in [0.1, 0.15) is 11.9 Å². The molecule has 1 aliphatic heterocycles. The molecule has 1 amide bonds. The third-order valence-electron chi connectivity index (χ3n) is 5.74. The number of likely N-dealkylation sites (N-methyl/N-ethyl adjacent to an activating group) is 1. The fourth-order valence-corrected chi connectivity index (χ4v) is 4.00. The Morgan fingerprint density at radius 1 is 1.11 bits per heavy atom. The van der Waals surface area contributed by atoms with Gasteiger partial charge < -0.3 is 9.64 Å². The number of hydrogen-bond donors (Lipinski definition) is 0. The Kier molecular flexibility index (Phi) is 6.31. The number of anilines is 1. The third kappa shape index (κ3) is 3.76. The van der Waals surface area contributed by atoms with Crippen molar-refractivity contribution in [3.8, 4) is 5.75 Å². The van der Waals surface area contributed by atoms with Crippen LogP contribution in [0.15, 0.2) is 30.3 Å². The highest BCUT2D eigenvalue weighted by Gasteiger charge is 2.35. The summed E-state index contributed by atoms with van der Waals surface area (Å²) in [6.07, 6.45) is -0.201. The lowest BCUT2D eigenvalue weighted by Crippen LogP contribution is -2.45. The normalized spacial score (nSPS) is 16.1. The number of carbonyl (C=O) groups is 1. The van der Waals surface area contributed by atoms with Crippen molar-refractivity contribution >= 4 is 23.2 Å². The van der Waals surface area contributed by atoms with Gasteiger partial charge in [-0.05, 0) is 56.1 Å². The van der Waals surface area contributed by atoms with E-state index in [1.54, 1.807) is 0 Å². The highest BCUT2D eigenvalue weighted by molar-refractivity contribution is 6.33. The molecule has 3 rings (SSSR count). The number of fused-ring (bicyclic) bond motifs is 1. The molecule has 28 heavy (non-hydrogen) atoms. The van der Waals surface area contributed by atoms with Gasteiger partial charge in [-0.1, -0.05) is 55.8 Å². The molecule has 0 saturated heterocycles. The molecule has 0 radical (unpaired) electrons. The molecule has 1 heterocycles. The van der Waals surface area contributed by atoms with Gasteiger partial charge in [0.05, 0.1) is 18.8 Å². The number of nitrogens with zero attached hydrogens (tertiary/aromatic N) is 2. The Hall–Kier alpha value is -2.04. The van der Waals surface area contributed by atoms with Gasteiger partial charge in [-0.25, -0.2) is 0 Å². The summed E-state index contributed by atoms with van der Waals surface area (Å²) < 4.78 is 6.44. The van der Waals surface area contributed by atoms with Crippen LogP contribution in [0.2, 0.25) is 5.02 Å². The van der Waals surface area contributed by atoms with Crippen molar-refractivity contribution in [2.75, 3.05) is 31.1 Å². The van der Waals surface area contributed by atoms with Crippen molar-refractivity contribution in [3.05, 3.63) is 57.6 Å². The van der Waals surface area contributed by atoms with Gasteiger partial charge in [0.15, 0.2) is 0 Å². The lowest BCUT2D eigenvalue weighted by molar-refractivity contribution is -0.120. The molecule has 0 saturated carbocycles. The number of rotatable bonds is 5. The standard InChI is InChI=1S/C23H29ClN2O2/c1-6-25(7-2)14-20(27)26-13-19(18-11-9-8-10-12-18)28-23-16(4)15(3)21(24)17(5)22(23)26/h8-12,19H,6-7,13-14H2,1-5H3/t19-/m1/s1. The molecule has 2 aromatic rings. The molecule has 1 aliphatic rings. The smallest absolute Gasteiger partial charge is 0.241 e. The van der Waals surface area contributed by atoms with Crippen molar-refractivity contribution in [3.63, 3.8) is 0 Å². The first-order valence-corrected chi connectivity index (χ1v) is 10.3. The van der Waals surface area contributed by atoms with Gasteiger partial charge in [0.25, 0.3) is 0 Å². The Balaban J connectivity index is 2.09. The van der Waals surface area contributed by atoms with Crippen LogP contribution in [0.1, 0.15) is 42.2 Å². The van der Waals surface area contributed by atoms with E-state index in [-0.39, 0.29) is 12.0 Å². The Morgan fingerprint density at radius 3 is 2.36 bits per heavy atom. The molecule has 0 bridgehead atoms. The highest BCUT2D eigenvalue weighted by Crippen LogP contribution is 2.47. The van der Waals surface area contributed by atoms with E-state index in [4.69, 9.17) is 16.3 Å². The minimum atomic E-state index is -0.201. The van der Waals surface area contributed by atoms with E-state index in [9.17, 15) is 4.79 Å². The molecule has 0 aromatic heterocycles. The van der Waals surface area contributed by atoms with Crippen LogP contribution in [-0.2, 0) is 4.79 Å². The zero-order valence-electron chi connectivity index (χ0n) is 17.4. The minimum Gasteiger partial charge on any atom is -0.481 e. The summed E-state index contributed by atoms with van der Waals surface area (Å²) in [7, 11) is 0. The predicted octanol–water partition coefficient (Wildman–Crippen LogP) is 5.07. The number of ether oxygens (including phenoxy) is 1. The van der Waals surface area contributed by atoms with Crippen LogP contribution < -0.4 is 9.64 Å².